The maximum absolute atomic E-state index is 13.8. The van der Waals surface area contributed by atoms with Gasteiger partial charge in [-0.1, -0.05) is 18.2 Å². The van der Waals surface area contributed by atoms with Crippen LogP contribution in [0.3, 0.4) is 0 Å². The van der Waals surface area contributed by atoms with Crippen LogP contribution in [-0.2, 0) is 30.5 Å². The third kappa shape index (κ3) is 6.27. The Morgan fingerprint density at radius 2 is 1.41 bits per heavy atom. The van der Waals surface area contributed by atoms with Crippen LogP contribution in [0, 0.1) is 0 Å². The summed E-state index contributed by atoms with van der Waals surface area (Å²) in [6.45, 7) is -0.605. The van der Waals surface area contributed by atoms with E-state index in [0.29, 0.717) is 5.56 Å². The van der Waals surface area contributed by atoms with E-state index in [1.807, 2.05) is 42.5 Å². The first-order chi connectivity index (χ1) is 17.4. The Labute approximate surface area is 214 Å². The summed E-state index contributed by atoms with van der Waals surface area (Å²) in [6.07, 6.45) is -3.02. The third-order valence-electron chi connectivity index (χ3n) is 5.45. The van der Waals surface area contributed by atoms with Gasteiger partial charge >= 0.3 is 15.4 Å². The average Bonchev–Trinajstić information content (AvgIpc) is 2.86. The van der Waals surface area contributed by atoms with Crippen LogP contribution in [-0.4, -0.2) is 43.5 Å². The number of ether oxygens (including phenoxy) is 3. The van der Waals surface area contributed by atoms with Gasteiger partial charge in [0.05, 0.1) is 10.9 Å². The van der Waals surface area contributed by atoms with Crippen molar-refractivity contribution in [3.8, 4) is 5.75 Å². The maximum Gasteiger partial charge on any atom is 0.405 e. The van der Waals surface area contributed by atoms with Gasteiger partial charge in [-0.25, -0.2) is 8.78 Å². The normalized spacial score (nSPS) is 18.2. The van der Waals surface area contributed by atoms with Gasteiger partial charge in [-0.15, -0.1) is 0 Å². The van der Waals surface area contributed by atoms with Gasteiger partial charge in [-0.05, 0) is 67.6 Å². The van der Waals surface area contributed by atoms with E-state index in [2.05, 4.69) is 0 Å². The van der Waals surface area contributed by atoms with E-state index in [9.17, 15) is 26.0 Å². The van der Waals surface area contributed by atoms with Crippen LogP contribution in [0.5, 0.6) is 5.75 Å². The van der Waals surface area contributed by atoms with Crippen LogP contribution < -0.4 is 4.74 Å². The van der Waals surface area contributed by atoms with Crippen molar-refractivity contribution in [2.45, 2.75) is 45.2 Å². The monoisotopic (exact) mass is 559 g/mol. The van der Waals surface area contributed by atoms with Gasteiger partial charge in [0.25, 0.3) is 5.92 Å². The van der Waals surface area contributed by atoms with Gasteiger partial charge < -0.3 is 14.2 Å². The lowest BCUT2D eigenvalue weighted by molar-refractivity contribution is -0.271. The van der Waals surface area contributed by atoms with E-state index in [4.69, 9.17) is 18.8 Å². The smallest absolute Gasteiger partial charge is 0.405 e. The summed E-state index contributed by atoms with van der Waals surface area (Å²) in [5.74, 6) is -3.03. The zero-order chi connectivity index (χ0) is 26.8. The second-order valence-electron chi connectivity index (χ2n) is 8.27. The fourth-order valence-electron chi connectivity index (χ4n) is 3.54. The van der Waals surface area contributed by atoms with Crippen molar-refractivity contribution < 1.29 is 44.7 Å². The molecular formula is C25H23F4O6S2+. The lowest BCUT2D eigenvalue weighted by Gasteiger charge is -2.29. The summed E-state index contributed by atoms with van der Waals surface area (Å²) in [5.41, 5.74) is 0.591. The molecule has 2 atom stereocenters. The number of benzene rings is 3. The fraction of sp³-hybridized carbons (Fsp3) is 0.280. The van der Waals surface area contributed by atoms with E-state index >= 15 is 0 Å². The fourth-order valence-corrected chi connectivity index (χ4v) is 6.07. The molecule has 0 spiro atoms. The van der Waals surface area contributed by atoms with E-state index in [0.717, 1.165) is 21.6 Å². The standard InChI is InChI=1S/C25H22F4O6S2/c1-17(25(28,29)37(30,31)32)35-19-9-13-22(14-10-19)36(20-5-3-2-4-6-20)21-11-7-18(8-12-21)23-33-15-24(26,27)16-34-23/h2-14,17,23H,15-16H2,1H3/p+1. The van der Waals surface area contributed by atoms with Crippen LogP contribution in [0.2, 0.25) is 0 Å². The zero-order valence-electron chi connectivity index (χ0n) is 19.4. The van der Waals surface area contributed by atoms with Crippen LogP contribution in [0.15, 0.2) is 93.5 Å². The van der Waals surface area contributed by atoms with Crippen molar-refractivity contribution in [3.63, 3.8) is 0 Å². The molecule has 0 bridgehead atoms. The molecule has 198 valence electrons. The topological polar surface area (TPSA) is 82.1 Å². The van der Waals surface area contributed by atoms with Gasteiger partial charge in [0.15, 0.2) is 27.1 Å². The summed E-state index contributed by atoms with van der Waals surface area (Å²) in [5, 5.41) is -4.48. The Kier molecular flexibility index (Phi) is 7.86. The van der Waals surface area contributed by atoms with Crippen LogP contribution >= 0.6 is 0 Å². The molecule has 1 heterocycles. The Bertz CT molecular complexity index is 1290. The molecule has 1 aliphatic rings. The minimum Gasteiger partial charge on any atom is -0.483 e. The predicted octanol–water partition coefficient (Wildman–Crippen LogP) is 5.71. The Hall–Kier alpha value is -2.64. The molecular weight excluding hydrogens is 536 g/mol. The minimum atomic E-state index is -5.64. The number of hydrogen-bond acceptors (Lipinski definition) is 5. The highest BCUT2D eigenvalue weighted by atomic mass is 32.2. The van der Waals surface area contributed by atoms with Gasteiger partial charge in [0.1, 0.15) is 19.0 Å². The van der Waals surface area contributed by atoms with Gasteiger partial charge in [0.2, 0.25) is 0 Å². The molecule has 0 radical (unpaired) electrons. The quantitative estimate of drug-likeness (QED) is 0.216. The van der Waals surface area contributed by atoms with Crippen molar-refractivity contribution >= 4 is 21.0 Å². The first-order valence-electron chi connectivity index (χ1n) is 11.0. The molecule has 0 amide bonds. The summed E-state index contributed by atoms with van der Waals surface area (Å²) >= 11 is 0. The maximum atomic E-state index is 13.8. The Morgan fingerprint density at radius 3 is 1.92 bits per heavy atom. The molecule has 12 heteroatoms. The first-order valence-corrected chi connectivity index (χ1v) is 13.7. The number of rotatable bonds is 8. The van der Waals surface area contributed by atoms with E-state index in [-0.39, 0.29) is 5.75 Å². The van der Waals surface area contributed by atoms with Crippen molar-refractivity contribution in [1.82, 2.24) is 0 Å². The molecule has 1 aliphatic heterocycles. The van der Waals surface area contributed by atoms with Crippen LogP contribution in [0.1, 0.15) is 18.8 Å². The SMILES string of the molecule is CC(Oc1ccc([S+](c2ccccc2)c2ccc(C3OCC(F)(F)CO3)cc2)cc1)C(F)(F)S(=O)(=O)O. The van der Waals surface area contributed by atoms with Gasteiger partial charge in [0, 0.05) is 5.56 Å². The van der Waals surface area contributed by atoms with Gasteiger partial charge in [-0.3, -0.25) is 4.55 Å². The number of hydrogen-bond donors (Lipinski definition) is 1. The van der Waals surface area contributed by atoms with E-state index in [1.54, 1.807) is 24.3 Å². The highest BCUT2D eigenvalue weighted by molar-refractivity contribution is 7.97. The van der Waals surface area contributed by atoms with Gasteiger partial charge in [-0.2, -0.15) is 17.2 Å². The largest absolute Gasteiger partial charge is 0.483 e. The van der Waals surface area contributed by atoms with Crippen LogP contribution in [0.4, 0.5) is 17.6 Å². The Balaban J connectivity index is 1.58. The van der Waals surface area contributed by atoms with Crippen LogP contribution in [0.25, 0.3) is 0 Å². The van der Waals surface area contributed by atoms with Crippen molar-refractivity contribution in [2.75, 3.05) is 13.2 Å². The molecule has 3 aromatic rings. The summed E-state index contributed by atoms with van der Waals surface area (Å²) in [7, 11) is -6.28. The molecule has 1 N–H and O–H groups in total. The molecule has 0 saturated carbocycles. The second kappa shape index (κ2) is 10.6. The summed E-state index contributed by atoms with van der Waals surface area (Å²) in [6, 6.07) is 22.9. The molecule has 0 aliphatic carbocycles. The predicted molar refractivity (Wildman–Crippen MR) is 128 cm³/mol. The minimum absolute atomic E-state index is 0.00469. The molecule has 1 saturated heterocycles. The average molecular weight is 560 g/mol. The third-order valence-corrected chi connectivity index (χ3v) is 8.70. The number of halogens is 4. The van der Waals surface area contributed by atoms with Crippen molar-refractivity contribution in [1.29, 1.82) is 0 Å². The van der Waals surface area contributed by atoms with E-state index in [1.165, 1.54) is 12.1 Å². The Morgan fingerprint density at radius 1 is 0.919 bits per heavy atom. The molecule has 1 fully saturated rings. The lowest BCUT2D eigenvalue weighted by Crippen LogP contribution is -2.42. The first kappa shape index (κ1) is 27.4. The summed E-state index contributed by atoms with van der Waals surface area (Å²) < 4.78 is 100. The highest BCUT2D eigenvalue weighted by Crippen LogP contribution is 2.35. The van der Waals surface area contributed by atoms with Crippen molar-refractivity contribution in [3.05, 3.63) is 84.4 Å². The molecule has 3 aromatic carbocycles. The molecule has 37 heavy (non-hydrogen) atoms. The molecule has 0 aromatic heterocycles. The second-order valence-corrected chi connectivity index (χ2v) is 11.8. The molecule has 2 unspecified atom stereocenters. The van der Waals surface area contributed by atoms with Crippen molar-refractivity contribution in [2.24, 2.45) is 0 Å². The number of alkyl halides is 4. The summed E-state index contributed by atoms with van der Waals surface area (Å²) in [4.78, 5) is 2.65. The van der Waals surface area contributed by atoms with E-state index < -0.39 is 57.8 Å². The molecule has 4 rings (SSSR count). The molecule has 6 nitrogen and oxygen atoms in total. The zero-order valence-corrected chi connectivity index (χ0v) is 21.0. The highest BCUT2D eigenvalue weighted by Gasteiger charge is 2.51. The lowest BCUT2D eigenvalue weighted by atomic mass is 10.2.